The first-order valence-corrected chi connectivity index (χ1v) is 12.0. The van der Waals surface area contributed by atoms with Crippen molar-refractivity contribution in [1.82, 2.24) is 15.5 Å². The third kappa shape index (κ3) is 5.87. The Balaban J connectivity index is 2.32. The molecule has 1 saturated carbocycles. The molecule has 0 spiro atoms. The van der Waals surface area contributed by atoms with Crippen LogP contribution in [0.3, 0.4) is 0 Å². The van der Waals surface area contributed by atoms with Crippen LogP contribution >= 0.6 is 0 Å². The Morgan fingerprint density at radius 2 is 1.94 bits per heavy atom. The first kappa shape index (κ1) is 27.6. The molecular formula is C26H40N4O4. The van der Waals surface area contributed by atoms with Crippen molar-refractivity contribution in [2.24, 2.45) is 28.4 Å². The van der Waals surface area contributed by atoms with E-state index < -0.39 is 41.1 Å². The lowest BCUT2D eigenvalue weighted by atomic mass is 9.79. The fourth-order valence-corrected chi connectivity index (χ4v) is 5.10. The zero-order valence-corrected chi connectivity index (χ0v) is 21.1. The topological polar surface area (TPSA) is 122 Å². The van der Waals surface area contributed by atoms with Crippen LogP contribution in [0.1, 0.15) is 60.3 Å². The standard InChI is InChI=1S/C26H40N4O4/c1-8-10-11-18(20(31)23(33)28-14-9-2)29-22(32)19-16-12-13-26(6,7)17(16)15-30(19)24(34)21(27)25(3,4)5/h1,9,16-19,21H,2,10-15,27H2,3-7H3,(H,28,33)(H,29,32)/t16-,17-,18?,19-,21+/m0/s1. The van der Waals surface area contributed by atoms with Crippen molar-refractivity contribution in [2.75, 3.05) is 13.1 Å². The van der Waals surface area contributed by atoms with E-state index in [0.29, 0.717) is 6.54 Å². The number of nitrogens with two attached hydrogens (primary N) is 1. The second-order valence-electron chi connectivity index (χ2n) is 11.2. The van der Waals surface area contributed by atoms with Crippen molar-refractivity contribution < 1.29 is 19.2 Å². The van der Waals surface area contributed by atoms with Gasteiger partial charge >= 0.3 is 0 Å². The van der Waals surface area contributed by atoms with Gasteiger partial charge in [0.15, 0.2) is 0 Å². The summed E-state index contributed by atoms with van der Waals surface area (Å²) in [6.45, 7) is 14.1. The number of ketones is 1. The van der Waals surface area contributed by atoms with E-state index in [0.717, 1.165) is 12.8 Å². The molecule has 0 aromatic carbocycles. The van der Waals surface area contributed by atoms with Crippen molar-refractivity contribution in [3.63, 3.8) is 0 Å². The minimum absolute atomic E-state index is 0.0205. The van der Waals surface area contributed by atoms with Gasteiger partial charge in [0.1, 0.15) is 6.04 Å². The summed E-state index contributed by atoms with van der Waals surface area (Å²) in [5.41, 5.74) is 5.80. The van der Waals surface area contributed by atoms with Crippen LogP contribution < -0.4 is 16.4 Å². The maximum absolute atomic E-state index is 13.6. The van der Waals surface area contributed by atoms with Gasteiger partial charge in [-0.25, -0.2) is 0 Å². The number of fused-ring (bicyclic) bond motifs is 1. The molecule has 34 heavy (non-hydrogen) atoms. The zero-order chi connectivity index (χ0) is 25.8. The number of terminal acetylenes is 1. The Morgan fingerprint density at radius 1 is 1.29 bits per heavy atom. The fourth-order valence-electron chi connectivity index (χ4n) is 5.10. The third-order valence-corrected chi connectivity index (χ3v) is 7.37. The lowest BCUT2D eigenvalue weighted by molar-refractivity contribution is -0.144. The number of rotatable bonds is 9. The molecule has 8 heteroatoms. The van der Waals surface area contributed by atoms with Gasteiger partial charge in [-0.15, -0.1) is 18.9 Å². The van der Waals surface area contributed by atoms with Gasteiger partial charge in [-0.2, -0.15) is 0 Å². The number of likely N-dealkylation sites (tertiary alicyclic amines) is 1. The molecule has 1 saturated heterocycles. The van der Waals surface area contributed by atoms with Crippen LogP contribution in [0.4, 0.5) is 0 Å². The van der Waals surface area contributed by atoms with Gasteiger partial charge in [-0.1, -0.05) is 40.7 Å². The summed E-state index contributed by atoms with van der Waals surface area (Å²) < 4.78 is 0. The van der Waals surface area contributed by atoms with Crippen molar-refractivity contribution >= 4 is 23.5 Å². The maximum atomic E-state index is 13.6. The third-order valence-electron chi connectivity index (χ3n) is 7.37. The first-order valence-electron chi connectivity index (χ1n) is 12.0. The molecule has 0 bridgehead atoms. The Kier molecular flexibility index (Phi) is 8.70. The number of amides is 3. The summed E-state index contributed by atoms with van der Waals surface area (Å²) in [5, 5.41) is 5.20. The number of nitrogens with zero attached hydrogens (tertiary/aromatic N) is 1. The Labute approximate surface area is 203 Å². The van der Waals surface area contributed by atoms with Crippen molar-refractivity contribution in [3.8, 4) is 12.3 Å². The molecule has 1 unspecified atom stereocenters. The van der Waals surface area contributed by atoms with E-state index in [2.05, 4.69) is 37.0 Å². The quantitative estimate of drug-likeness (QED) is 0.266. The molecule has 4 N–H and O–H groups in total. The van der Waals surface area contributed by atoms with E-state index in [9.17, 15) is 19.2 Å². The minimum atomic E-state index is -1.07. The molecule has 2 rings (SSSR count). The molecular weight excluding hydrogens is 432 g/mol. The lowest BCUT2D eigenvalue weighted by Gasteiger charge is -2.34. The Bertz CT molecular complexity index is 867. The summed E-state index contributed by atoms with van der Waals surface area (Å²) >= 11 is 0. The number of carbonyl (C=O) groups is 4. The number of hydrogen-bond donors (Lipinski definition) is 3. The van der Waals surface area contributed by atoms with Gasteiger partial charge in [0.2, 0.25) is 17.6 Å². The average Bonchev–Trinajstić information content (AvgIpc) is 3.29. The van der Waals surface area contributed by atoms with Gasteiger partial charge in [-0.05, 0) is 41.9 Å². The van der Waals surface area contributed by atoms with Gasteiger partial charge in [0.25, 0.3) is 5.91 Å². The van der Waals surface area contributed by atoms with E-state index in [1.807, 2.05) is 20.8 Å². The van der Waals surface area contributed by atoms with E-state index in [4.69, 9.17) is 12.2 Å². The summed E-state index contributed by atoms with van der Waals surface area (Å²) in [6, 6.07) is -2.59. The summed E-state index contributed by atoms with van der Waals surface area (Å²) in [7, 11) is 0. The first-order chi connectivity index (χ1) is 15.8. The molecule has 1 aliphatic carbocycles. The van der Waals surface area contributed by atoms with Gasteiger partial charge in [0, 0.05) is 19.5 Å². The second-order valence-corrected chi connectivity index (χ2v) is 11.2. The monoisotopic (exact) mass is 472 g/mol. The molecule has 3 amide bonds. The fraction of sp³-hybridized carbons (Fsp3) is 0.692. The van der Waals surface area contributed by atoms with Gasteiger partial charge in [0.05, 0.1) is 12.1 Å². The van der Waals surface area contributed by atoms with Crippen LogP contribution in [0, 0.1) is 35.0 Å². The highest BCUT2D eigenvalue weighted by Gasteiger charge is 2.56. The van der Waals surface area contributed by atoms with Crippen LogP contribution in [-0.2, 0) is 19.2 Å². The van der Waals surface area contributed by atoms with Crippen molar-refractivity contribution in [1.29, 1.82) is 0 Å². The molecule has 2 aliphatic rings. The number of hydrogen-bond acceptors (Lipinski definition) is 5. The predicted octanol–water partition coefficient (Wildman–Crippen LogP) is 1.39. The SMILES string of the molecule is C#CCCC(NC(=O)[C@@H]1[C@H]2CCC(C)(C)[C@H]2CN1C(=O)[C@@H](N)C(C)(C)C)C(=O)C(=O)NCC=C. The predicted molar refractivity (Wildman–Crippen MR) is 131 cm³/mol. The average molecular weight is 473 g/mol. The summed E-state index contributed by atoms with van der Waals surface area (Å²) in [4.78, 5) is 53.6. The van der Waals surface area contributed by atoms with Crippen molar-refractivity contribution in [2.45, 2.75) is 78.4 Å². The van der Waals surface area contributed by atoms with E-state index >= 15 is 0 Å². The number of nitrogens with one attached hydrogen (secondary N) is 2. The minimum Gasteiger partial charge on any atom is -0.346 e. The van der Waals surface area contributed by atoms with E-state index in [1.165, 1.54) is 6.08 Å². The van der Waals surface area contributed by atoms with Crippen LogP contribution in [0.5, 0.6) is 0 Å². The van der Waals surface area contributed by atoms with Crippen LogP contribution in [0.25, 0.3) is 0 Å². The molecule has 0 aromatic heterocycles. The molecule has 1 aliphatic heterocycles. The van der Waals surface area contributed by atoms with Crippen LogP contribution in [-0.4, -0.2) is 59.6 Å². The van der Waals surface area contributed by atoms with Gasteiger partial charge < -0.3 is 21.3 Å². The van der Waals surface area contributed by atoms with Crippen LogP contribution in [0.2, 0.25) is 0 Å². The molecule has 188 valence electrons. The van der Waals surface area contributed by atoms with Gasteiger partial charge in [-0.3, -0.25) is 19.2 Å². The summed E-state index contributed by atoms with van der Waals surface area (Å²) in [6.07, 6.45) is 8.92. The second kappa shape index (κ2) is 10.7. The number of carbonyl (C=O) groups excluding carboxylic acids is 4. The number of Topliss-reactive ketones (excluding diaryl/α,β-unsaturated/α-hetero) is 1. The van der Waals surface area contributed by atoms with Crippen LogP contribution in [0.15, 0.2) is 12.7 Å². The summed E-state index contributed by atoms with van der Waals surface area (Å²) in [5.74, 6) is 0.277. The van der Waals surface area contributed by atoms with E-state index in [-0.39, 0.29) is 42.5 Å². The normalized spacial score (nSPS) is 25.0. The Hall–Kier alpha value is -2.66. The molecule has 8 nitrogen and oxygen atoms in total. The maximum Gasteiger partial charge on any atom is 0.289 e. The largest absolute Gasteiger partial charge is 0.346 e. The smallest absolute Gasteiger partial charge is 0.289 e. The highest BCUT2D eigenvalue weighted by atomic mass is 16.2. The molecule has 0 aromatic rings. The van der Waals surface area contributed by atoms with E-state index in [1.54, 1.807) is 4.90 Å². The lowest BCUT2D eigenvalue weighted by Crippen LogP contribution is -2.58. The highest BCUT2D eigenvalue weighted by molar-refractivity contribution is 6.38. The molecule has 2 fully saturated rings. The highest BCUT2D eigenvalue weighted by Crippen LogP contribution is 2.53. The Morgan fingerprint density at radius 3 is 2.50 bits per heavy atom. The molecule has 0 radical (unpaired) electrons. The molecule has 5 atom stereocenters. The zero-order valence-electron chi connectivity index (χ0n) is 21.1. The molecule has 1 heterocycles. The van der Waals surface area contributed by atoms with Crippen molar-refractivity contribution in [3.05, 3.63) is 12.7 Å².